The maximum absolute atomic E-state index is 11.9. The molecule has 5 heteroatoms. The lowest BCUT2D eigenvalue weighted by atomic mass is 10.1. The van der Waals surface area contributed by atoms with Crippen LogP contribution in [0.25, 0.3) is 0 Å². The van der Waals surface area contributed by atoms with Gasteiger partial charge in [-0.05, 0) is 51.7 Å². The summed E-state index contributed by atoms with van der Waals surface area (Å²) in [6, 6.07) is 9.22. The normalized spacial score (nSPS) is 10.3. The summed E-state index contributed by atoms with van der Waals surface area (Å²) in [5.41, 5.74) is 2.15. The monoisotopic (exact) mass is 337 g/mol. The van der Waals surface area contributed by atoms with Crippen molar-refractivity contribution in [3.05, 3.63) is 51.9 Å². The zero-order valence-electron chi connectivity index (χ0n) is 11.4. The topological polar surface area (TPSA) is 51.5 Å². The summed E-state index contributed by atoms with van der Waals surface area (Å²) >= 11 is 3.17. The SMILES string of the molecule is CCc1cc(CNC(=O)c2ccc(Br)o2)ccc1OC. The van der Waals surface area contributed by atoms with Gasteiger partial charge in [-0.1, -0.05) is 19.1 Å². The van der Waals surface area contributed by atoms with Crippen molar-refractivity contribution in [3.63, 3.8) is 0 Å². The van der Waals surface area contributed by atoms with E-state index < -0.39 is 0 Å². The van der Waals surface area contributed by atoms with Gasteiger partial charge in [-0.2, -0.15) is 0 Å². The van der Waals surface area contributed by atoms with Crippen LogP contribution in [0.5, 0.6) is 5.75 Å². The average Bonchev–Trinajstić information content (AvgIpc) is 2.91. The number of aryl methyl sites for hydroxylation is 1. The molecule has 0 aliphatic heterocycles. The lowest BCUT2D eigenvalue weighted by Crippen LogP contribution is -2.22. The lowest BCUT2D eigenvalue weighted by molar-refractivity contribution is 0.0922. The molecule has 106 valence electrons. The number of methoxy groups -OCH3 is 1. The highest BCUT2D eigenvalue weighted by atomic mass is 79.9. The number of halogens is 1. The Kier molecular flexibility index (Phi) is 4.84. The molecular weight excluding hydrogens is 322 g/mol. The molecular formula is C15H16BrNO3. The van der Waals surface area contributed by atoms with Crippen molar-refractivity contribution >= 4 is 21.8 Å². The van der Waals surface area contributed by atoms with Crippen molar-refractivity contribution in [2.75, 3.05) is 7.11 Å². The van der Waals surface area contributed by atoms with Crippen molar-refractivity contribution in [2.24, 2.45) is 0 Å². The molecule has 0 spiro atoms. The van der Waals surface area contributed by atoms with Gasteiger partial charge in [0.15, 0.2) is 10.4 Å². The fraction of sp³-hybridized carbons (Fsp3) is 0.267. The Hall–Kier alpha value is -1.75. The largest absolute Gasteiger partial charge is 0.496 e. The third-order valence-electron chi connectivity index (χ3n) is 2.98. The molecule has 1 aromatic heterocycles. The highest BCUT2D eigenvalue weighted by molar-refractivity contribution is 9.10. The van der Waals surface area contributed by atoms with Gasteiger partial charge in [0.2, 0.25) is 0 Å². The Bertz CT molecular complexity index is 607. The molecule has 0 atom stereocenters. The maximum Gasteiger partial charge on any atom is 0.287 e. The minimum Gasteiger partial charge on any atom is -0.496 e. The highest BCUT2D eigenvalue weighted by Crippen LogP contribution is 2.20. The summed E-state index contributed by atoms with van der Waals surface area (Å²) in [7, 11) is 1.66. The lowest BCUT2D eigenvalue weighted by Gasteiger charge is -2.09. The van der Waals surface area contributed by atoms with Crippen LogP contribution >= 0.6 is 15.9 Å². The van der Waals surface area contributed by atoms with Crippen molar-refractivity contribution in [2.45, 2.75) is 19.9 Å². The summed E-state index contributed by atoms with van der Waals surface area (Å²) in [5.74, 6) is 0.934. The number of rotatable bonds is 5. The van der Waals surface area contributed by atoms with Crippen LogP contribution < -0.4 is 10.1 Å². The molecule has 1 aromatic carbocycles. The Morgan fingerprint density at radius 2 is 2.15 bits per heavy atom. The van der Waals surface area contributed by atoms with Crippen LogP contribution in [0.15, 0.2) is 39.4 Å². The molecule has 1 heterocycles. The molecule has 2 rings (SSSR count). The number of hydrogen-bond donors (Lipinski definition) is 1. The van der Waals surface area contributed by atoms with E-state index in [0.29, 0.717) is 17.0 Å². The smallest absolute Gasteiger partial charge is 0.287 e. The second kappa shape index (κ2) is 6.61. The zero-order chi connectivity index (χ0) is 14.5. The molecule has 2 aromatic rings. The molecule has 4 nitrogen and oxygen atoms in total. The highest BCUT2D eigenvalue weighted by Gasteiger charge is 2.10. The predicted octanol–water partition coefficient (Wildman–Crippen LogP) is 3.54. The molecule has 0 saturated carbocycles. The Balaban J connectivity index is 2.02. The zero-order valence-corrected chi connectivity index (χ0v) is 13.0. The third-order valence-corrected chi connectivity index (χ3v) is 3.40. The van der Waals surface area contributed by atoms with Crippen molar-refractivity contribution < 1.29 is 13.9 Å². The second-order valence-corrected chi connectivity index (χ2v) is 5.07. The van der Waals surface area contributed by atoms with E-state index in [1.807, 2.05) is 18.2 Å². The van der Waals surface area contributed by atoms with E-state index in [9.17, 15) is 4.79 Å². The van der Waals surface area contributed by atoms with Crippen LogP contribution in [0.2, 0.25) is 0 Å². The first-order valence-electron chi connectivity index (χ1n) is 6.33. The molecule has 20 heavy (non-hydrogen) atoms. The standard InChI is InChI=1S/C15H16BrNO3/c1-3-11-8-10(4-5-12(11)19-2)9-17-15(18)13-6-7-14(16)20-13/h4-8H,3,9H2,1-2H3,(H,17,18). The van der Waals surface area contributed by atoms with Gasteiger partial charge in [-0.25, -0.2) is 0 Å². The van der Waals surface area contributed by atoms with Gasteiger partial charge in [0.25, 0.3) is 5.91 Å². The third kappa shape index (κ3) is 3.42. The van der Waals surface area contributed by atoms with Crippen LogP contribution in [-0.4, -0.2) is 13.0 Å². The molecule has 0 aliphatic carbocycles. The van der Waals surface area contributed by atoms with Crippen molar-refractivity contribution in [3.8, 4) is 5.75 Å². The van der Waals surface area contributed by atoms with Crippen molar-refractivity contribution in [1.82, 2.24) is 5.32 Å². The van der Waals surface area contributed by atoms with Crippen LogP contribution in [0, 0.1) is 0 Å². The molecule has 0 fully saturated rings. The van der Waals surface area contributed by atoms with Crippen molar-refractivity contribution in [1.29, 1.82) is 0 Å². The second-order valence-electron chi connectivity index (χ2n) is 4.29. The fourth-order valence-electron chi connectivity index (χ4n) is 1.92. The first kappa shape index (κ1) is 14.7. The Morgan fingerprint density at radius 1 is 1.35 bits per heavy atom. The van der Waals surface area contributed by atoms with Gasteiger partial charge < -0.3 is 14.5 Å². The first-order chi connectivity index (χ1) is 9.63. The summed E-state index contributed by atoms with van der Waals surface area (Å²) in [4.78, 5) is 11.9. The van der Waals surface area contributed by atoms with E-state index in [2.05, 4.69) is 28.2 Å². The van der Waals surface area contributed by atoms with Crippen LogP contribution in [-0.2, 0) is 13.0 Å². The van der Waals surface area contributed by atoms with Crippen LogP contribution in [0.1, 0.15) is 28.6 Å². The number of ether oxygens (including phenoxy) is 1. The molecule has 0 radical (unpaired) electrons. The molecule has 0 bridgehead atoms. The number of furan rings is 1. The number of carbonyl (C=O) groups excluding carboxylic acids is 1. The summed E-state index contributed by atoms with van der Waals surface area (Å²) in [5, 5.41) is 2.82. The Morgan fingerprint density at radius 3 is 2.75 bits per heavy atom. The minimum absolute atomic E-state index is 0.232. The van der Waals surface area contributed by atoms with Gasteiger partial charge in [-0.15, -0.1) is 0 Å². The van der Waals surface area contributed by atoms with Crippen LogP contribution in [0.4, 0.5) is 0 Å². The summed E-state index contributed by atoms with van der Waals surface area (Å²) in [6.07, 6.45) is 0.885. The van der Waals surface area contributed by atoms with Gasteiger partial charge in [0, 0.05) is 6.54 Å². The van der Waals surface area contributed by atoms with Crippen LogP contribution in [0.3, 0.4) is 0 Å². The van der Waals surface area contributed by atoms with E-state index in [1.54, 1.807) is 19.2 Å². The number of amides is 1. The molecule has 0 saturated heterocycles. The fourth-order valence-corrected chi connectivity index (χ4v) is 2.23. The van der Waals surface area contributed by atoms with E-state index in [4.69, 9.17) is 9.15 Å². The van der Waals surface area contributed by atoms with Gasteiger partial charge >= 0.3 is 0 Å². The summed E-state index contributed by atoms with van der Waals surface area (Å²) < 4.78 is 11.0. The van der Waals surface area contributed by atoms with E-state index in [1.165, 1.54) is 0 Å². The minimum atomic E-state index is -0.232. The maximum atomic E-state index is 11.9. The van der Waals surface area contributed by atoms with Gasteiger partial charge in [0.1, 0.15) is 5.75 Å². The number of carbonyl (C=O) groups is 1. The predicted molar refractivity (Wildman–Crippen MR) is 80.0 cm³/mol. The quantitative estimate of drug-likeness (QED) is 0.907. The molecule has 0 aliphatic rings. The number of benzene rings is 1. The average molecular weight is 338 g/mol. The molecule has 1 N–H and O–H groups in total. The number of hydrogen-bond acceptors (Lipinski definition) is 3. The van der Waals surface area contributed by atoms with E-state index >= 15 is 0 Å². The first-order valence-corrected chi connectivity index (χ1v) is 7.12. The van der Waals surface area contributed by atoms with E-state index in [-0.39, 0.29) is 5.91 Å². The number of nitrogens with one attached hydrogen (secondary N) is 1. The summed E-state index contributed by atoms with van der Waals surface area (Å²) in [6.45, 7) is 2.52. The van der Waals surface area contributed by atoms with E-state index in [0.717, 1.165) is 23.3 Å². The van der Waals surface area contributed by atoms with Gasteiger partial charge in [-0.3, -0.25) is 4.79 Å². The molecule has 0 unspecified atom stereocenters. The molecule has 1 amide bonds. The Labute approximate surface area is 126 Å². The van der Waals surface area contributed by atoms with Gasteiger partial charge in [0.05, 0.1) is 7.11 Å².